The Balaban J connectivity index is 1.93. The molecule has 0 unspecified atom stereocenters. The minimum absolute atomic E-state index is 0.323. The van der Waals surface area contributed by atoms with E-state index in [2.05, 4.69) is 10.6 Å². The van der Waals surface area contributed by atoms with Gasteiger partial charge in [-0.3, -0.25) is 9.84 Å². The third-order valence-corrected chi connectivity index (χ3v) is 3.31. The predicted molar refractivity (Wildman–Crippen MR) is 73.3 cm³/mol. The second kappa shape index (κ2) is 6.24. The van der Waals surface area contributed by atoms with Crippen LogP contribution in [0.1, 0.15) is 65.3 Å². The topological polar surface area (TPSA) is 68.2 Å². The van der Waals surface area contributed by atoms with Crippen molar-refractivity contribution >= 4 is 12.0 Å². The summed E-state index contributed by atoms with van der Waals surface area (Å²) in [5.74, 6) is 0.323. The summed E-state index contributed by atoms with van der Waals surface area (Å²) < 4.78 is 12.1. The van der Waals surface area contributed by atoms with E-state index in [0.29, 0.717) is 11.9 Å². The number of hydrogen-bond acceptors (Lipinski definition) is 4. The first-order chi connectivity index (χ1) is 9.44. The minimum atomic E-state index is -0.526. The fourth-order valence-corrected chi connectivity index (χ4v) is 2.41. The molecule has 0 aromatic carbocycles. The Bertz CT molecular complexity index is 443. The van der Waals surface area contributed by atoms with Gasteiger partial charge in [0.2, 0.25) is 5.27 Å². The summed E-state index contributed by atoms with van der Waals surface area (Å²) >= 11 is 0. The van der Waals surface area contributed by atoms with Crippen molar-refractivity contribution in [3.8, 4) is 0 Å². The normalized spacial score (nSPS) is 17.6. The van der Waals surface area contributed by atoms with Gasteiger partial charge in [-0.05, 0) is 38.3 Å². The van der Waals surface area contributed by atoms with Crippen LogP contribution in [0.15, 0.2) is 10.7 Å². The van der Waals surface area contributed by atoms with Crippen LogP contribution in [0.25, 0.3) is 0 Å². The highest BCUT2D eigenvalue weighted by Gasteiger charge is 2.26. The first-order valence-corrected chi connectivity index (χ1v) is 7.32. The fourth-order valence-electron chi connectivity index (χ4n) is 2.41. The highest BCUT2D eigenvalue weighted by atomic mass is 16.6. The molecule has 1 heterocycles. The van der Waals surface area contributed by atoms with E-state index in [1.165, 1.54) is 25.7 Å². The van der Waals surface area contributed by atoms with Crippen molar-refractivity contribution in [2.75, 3.05) is 5.32 Å². The number of aromatic nitrogens is 2. The Labute approximate surface area is 119 Å². The molecule has 1 aromatic heterocycles. The average Bonchev–Trinajstić information content (AvgIpc) is 2.61. The van der Waals surface area contributed by atoms with Gasteiger partial charge in [-0.15, -0.1) is 0 Å². The van der Waals surface area contributed by atoms with E-state index in [0.717, 1.165) is 12.8 Å². The second-order valence-electron chi connectivity index (χ2n) is 6.32. The van der Waals surface area contributed by atoms with Gasteiger partial charge in [-0.25, -0.2) is 4.79 Å². The van der Waals surface area contributed by atoms with Crippen molar-refractivity contribution in [2.24, 2.45) is 0 Å². The number of carbonyl (C=O) groups excluding carboxylic acids is 1. The molecule has 1 amide bonds. The molecule has 6 nitrogen and oxygen atoms in total. The summed E-state index contributed by atoms with van der Waals surface area (Å²) in [6.45, 7) is 5.45. The molecule has 2 rings (SSSR count). The number of anilines is 1. The van der Waals surface area contributed by atoms with Crippen molar-refractivity contribution in [1.29, 1.82) is 0 Å². The smallest absolute Gasteiger partial charge is 0.414 e. The maximum absolute atomic E-state index is 11.6. The van der Waals surface area contributed by atoms with Crippen LogP contribution in [0.5, 0.6) is 0 Å². The highest BCUT2D eigenvalue weighted by molar-refractivity contribution is 5.82. The first-order valence-electron chi connectivity index (χ1n) is 7.32. The van der Waals surface area contributed by atoms with E-state index < -0.39 is 11.7 Å². The molecular weight excluding hydrogens is 258 g/mol. The van der Waals surface area contributed by atoms with Gasteiger partial charge in [-0.2, -0.15) is 0 Å². The number of nitrogens with one attached hydrogen (secondary N) is 1. The van der Waals surface area contributed by atoms with E-state index >= 15 is 0 Å². The summed E-state index contributed by atoms with van der Waals surface area (Å²) in [4.78, 5) is 11.6. The van der Waals surface area contributed by atoms with E-state index in [4.69, 9.17) is 9.26 Å². The molecule has 0 spiro atoms. The summed E-state index contributed by atoms with van der Waals surface area (Å²) in [5.41, 5.74) is -0.526. The molecular formula is C14H24N3O3+. The summed E-state index contributed by atoms with van der Waals surface area (Å²) in [5, 5.41) is 6.56. The zero-order chi connectivity index (χ0) is 14.6. The zero-order valence-electron chi connectivity index (χ0n) is 12.5. The van der Waals surface area contributed by atoms with Crippen molar-refractivity contribution in [1.82, 2.24) is 5.27 Å². The van der Waals surface area contributed by atoms with Crippen LogP contribution in [0.2, 0.25) is 0 Å². The SMILES string of the molecule is CC(C)(C)OC(=O)Nc1c[n+](C2CCCCCC2)no1. The molecule has 0 saturated heterocycles. The molecule has 1 saturated carbocycles. The number of hydrogen-bond donors (Lipinski definition) is 1. The van der Waals surface area contributed by atoms with Crippen molar-refractivity contribution in [2.45, 2.75) is 70.9 Å². The molecule has 1 aliphatic carbocycles. The third-order valence-electron chi connectivity index (χ3n) is 3.31. The number of amides is 1. The van der Waals surface area contributed by atoms with Crippen LogP contribution in [-0.2, 0) is 4.74 Å². The number of carbonyl (C=O) groups is 1. The van der Waals surface area contributed by atoms with Gasteiger partial charge in [0.05, 0.1) is 0 Å². The lowest BCUT2D eigenvalue weighted by Crippen LogP contribution is -2.40. The predicted octanol–water partition coefficient (Wildman–Crippen LogP) is 3.20. The molecule has 0 aliphatic heterocycles. The van der Waals surface area contributed by atoms with Gasteiger partial charge in [0, 0.05) is 12.8 Å². The molecule has 0 bridgehead atoms. The molecule has 6 heteroatoms. The van der Waals surface area contributed by atoms with Crippen LogP contribution in [-0.4, -0.2) is 17.0 Å². The summed E-state index contributed by atoms with van der Waals surface area (Å²) in [6.07, 6.45) is 8.46. The van der Waals surface area contributed by atoms with Gasteiger partial charge in [0.25, 0.3) is 6.20 Å². The van der Waals surface area contributed by atoms with Crippen LogP contribution < -0.4 is 10.00 Å². The van der Waals surface area contributed by atoms with Crippen LogP contribution in [0, 0.1) is 0 Å². The monoisotopic (exact) mass is 282 g/mol. The molecule has 0 radical (unpaired) electrons. The number of ether oxygens (including phenoxy) is 1. The van der Waals surface area contributed by atoms with E-state index in [9.17, 15) is 4.79 Å². The van der Waals surface area contributed by atoms with Gasteiger partial charge in [0.15, 0.2) is 6.04 Å². The van der Waals surface area contributed by atoms with Gasteiger partial charge in [0.1, 0.15) is 5.60 Å². The van der Waals surface area contributed by atoms with Gasteiger partial charge < -0.3 is 4.74 Å². The lowest BCUT2D eigenvalue weighted by atomic mass is 10.1. The van der Waals surface area contributed by atoms with Crippen molar-refractivity contribution < 1.29 is 18.7 Å². The quantitative estimate of drug-likeness (QED) is 0.668. The Morgan fingerprint density at radius 3 is 2.60 bits per heavy atom. The lowest BCUT2D eigenvalue weighted by Gasteiger charge is -2.18. The molecule has 1 N–H and O–H groups in total. The Hall–Kier alpha value is -1.59. The van der Waals surface area contributed by atoms with E-state index in [1.807, 2.05) is 25.5 Å². The second-order valence-corrected chi connectivity index (χ2v) is 6.32. The van der Waals surface area contributed by atoms with E-state index in [-0.39, 0.29) is 0 Å². The van der Waals surface area contributed by atoms with Crippen molar-refractivity contribution in [3.05, 3.63) is 6.20 Å². The average molecular weight is 282 g/mol. The molecule has 1 aromatic rings. The standard InChI is InChI=1S/C14H23N3O3/c1-14(2,3)19-13(18)15-12-10-17(16-20-12)11-8-6-4-5-7-9-11/h10-11H,4-9H2,1-3H3/p+1. The maximum atomic E-state index is 11.6. The molecule has 0 atom stereocenters. The third kappa shape index (κ3) is 4.51. The molecule has 1 aliphatic rings. The molecule has 20 heavy (non-hydrogen) atoms. The van der Waals surface area contributed by atoms with Crippen LogP contribution >= 0.6 is 0 Å². The Morgan fingerprint density at radius 1 is 1.35 bits per heavy atom. The van der Waals surface area contributed by atoms with Gasteiger partial charge in [-0.1, -0.05) is 12.8 Å². The number of nitrogens with zero attached hydrogens (tertiary/aromatic N) is 2. The number of rotatable bonds is 2. The first kappa shape index (κ1) is 14.8. The highest BCUT2D eigenvalue weighted by Crippen LogP contribution is 2.23. The largest absolute Gasteiger partial charge is 0.444 e. The van der Waals surface area contributed by atoms with Gasteiger partial charge >= 0.3 is 12.0 Å². The van der Waals surface area contributed by atoms with E-state index in [1.54, 1.807) is 6.20 Å². The minimum Gasteiger partial charge on any atom is -0.444 e. The Morgan fingerprint density at radius 2 is 2.00 bits per heavy atom. The van der Waals surface area contributed by atoms with Crippen LogP contribution in [0.4, 0.5) is 10.7 Å². The zero-order valence-corrected chi connectivity index (χ0v) is 12.5. The molecule has 112 valence electrons. The lowest BCUT2D eigenvalue weighted by molar-refractivity contribution is -0.786. The Kier molecular flexibility index (Phi) is 4.62. The van der Waals surface area contributed by atoms with Crippen molar-refractivity contribution in [3.63, 3.8) is 0 Å². The maximum Gasteiger partial charge on any atom is 0.414 e. The van der Waals surface area contributed by atoms with Crippen LogP contribution in [0.3, 0.4) is 0 Å². The fraction of sp³-hybridized carbons (Fsp3) is 0.786. The summed E-state index contributed by atoms with van der Waals surface area (Å²) in [6, 6.07) is 0.371. The molecule has 1 fully saturated rings. The summed E-state index contributed by atoms with van der Waals surface area (Å²) in [7, 11) is 0.